The van der Waals surface area contributed by atoms with Crippen LogP contribution >= 0.6 is 11.6 Å². The molecule has 3 atom stereocenters. The van der Waals surface area contributed by atoms with E-state index in [2.05, 4.69) is 20.2 Å². The first-order valence-corrected chi connectivity index (χ1v) is 9.63. The molecule has 0 spiro atoms. The summed E-state index contributed by atoms with van der Waals surface area (Å²) in [5, 5.41) is 4.17. The predicted molar refractivity (Wildman–Crippen MR) is 90.4 cm³/mol. The van der Waals surface area contributed by atoms with Gasteiger partial charge in [-0.1, -0.05) is 11.6 Å². The number of carbonyl (C=O) groups is 1. The maximum atomic E-state index is 13.2. The van der Waals surface area contributed by atoms with Crippen molar-refractivity contribution < 1.29 is 4.79 Å². The summed E-state index contributed by atoms with van der Waals surface area (Å²) in [5.41, 5.74) is 0.853. The first kappa shape index (κ1) is 15.1. The van der Waals surface area contributed by atoms with Crippen LogP contribution in [0, 0.1) is 17.8 Å². The SMILES string of the molecule is O=C(C1CC1)N1C(C2CC2)CNC(C2CC2)C1c1cncc(Cl)n1. The second-order valence-electron chi connectivity index (χ2n) is 7.91. The Morgan fingerprint density at radius 2 is 1.88 bits per heavy atom. The molecule has 1 amide bonds. The van der Waals surface area contributed by atoms with Crippen LogP contribution in [0.2, 0.25) is 5.15 Å². The Morgan fingerprint density at radius 1 is 1.12 bits per heavy atom. The van der Waals surface area contributed by atoms with E-state index < -0.39 is 0 Å². The molecule has 24 heavy (non-hydrogen) atoms. The number of amides is 1. The first-order valence-electron chi connectivity index (χ1n) is 9.25. The Bertz CT molecular complexity index is 656. The minimum atomic E-state index is -0.0175. The summed E-state index contributed by atoms with van der Waals surface area (Å²) in [6, 6.07) is 0.575. The molecular formula is C18H23ClN4O. The molecule has 2 heterocycles. The molecule has 0 aromatic carbocycles. The molecule has 6 heteroatoms. The molecule has 4 fully saturated rings. The number of hydrogen-bond acceptors (Lipinski definition) is 4. The molecule has 1 N–H and O–H groups in total. The van der Waals surface area contributed by atoms with Gasteiger partial charge >= 0.3 is 0 Å². The summed E-state index contributed by atoms with van der Waals surface area (Å²) in [6.07, 6.45) is 10.4. The number of carbonyl (C=O) groups excluding carboxylic acids is 1. The number of halogens is 1. The predicted octanol–water partition coefficient (Wildman–Crippen LogP) is 2.57. The summed E-state index contributed by atoms with van der Waals surface area (Å²) in [7, 11) is 0. The van der Waals surface area contributed by atoms with Gasteiger partial charge in [-0.3, -0.25) is 9.78 Å². The van der Waals surface area contributed by atoms with Crippen LogP contribution in [0.1, 0.15) is 50.3 Å². The zero-order valence-electron chi connectivity index (χ0n) is 13.7. The van der Waals surface area contributed by atoms with Crippen molar-refractivity contribution in [1.82, 2.24) is 20.2 Å². The van der Waals surface area contributed by atoms with E-state index in [1.807, 2.05) is 0 Å². The lowest BCUT2D eigenvalue weighted by Gasteiger charge is -2.47. The minimum absolute atomic E-state index is 0.0175. The van der Waals surface area contributed by atoms with Gasteiger partial charge in [-0.25, -0.2) is 4.98 Å². The molecule has 0 bridgehead atoms. The molecule has 1 aromatic rings. The Hall–Kier alpha value is -1.20. The van der Waals surface area contributed by atoms with Gasteiger partial charge in [0.15, 0.2) is 0 Å². The average Bonchev–Trinajstić information content (AvgIpc) is 3.46. The largest absolute Gasteiger partial charge is 0.328 e. The quantitative estimate of drug-likeness (QED) is 0.910. The normalized spacial score (nSPS) is 33.5. The highest BCUT2D eigenvalue weighted by atomic mass is 35.5. The maximum absolute atomic E-state index is 13.2. The van der Waals surface area contributed by atoms with Crippen molar-refractivity contribution in [3.8, 4) is 0 Å². The van der Waals surface area contributed by atoms with Gasteiger partial charge in [0.25, 0.3) is 0 Å². The van der Waals surface area contributed by atoms with E-state index in [1.54, 1.807) is 12.4 Å². The molecule has 3 saturated carbocycles. The summed E-state index contributed by atoms with van der Waals surface area (Å²) >= 11 is 6.12. The number of nitrogens with one attached hydrogen (secondary N) is 1. The van der Waals surface area contributed by atoms with Crippen LogP contribution in [0.4, 0.5) is 0 Å². The molecule has 1 aliphatic heterocycles. The van der Waals surface area contributed by atoms with Crippen LogP contribution < -0.4 is 5.32 Å². The van der Waals surface area contributed by atoms with Crippen LogP contribution in [-0.2, 0) is 4.79 Å². The maximum Gasteiger partial charge on any atom is 0.226 e. The number of aromatic nitrogens is 2. The molecule has 5 nitrogen and oxygen atoms in total. The fourth-order valence-corrected chi connectivity index (χ4v) is 4.42. The Morgan fingerprint density at radius 3 is 2.50 bits per heavy atom. The van der Waals surface area contributed by atoms with Crippen LogP contribution in [-0.4, -0.2) is 39.4 Å². The van der Waals surface area contributed by atoms with Crippen molar-refractivity contribution in [2.45, 2.75) is 56.7 Å². The van der Waals surface area contributed by atoms with E-state index >= 15 is 0 Å². The van der Waals surface area contributed by atoms with Crippen molar-refractivity contribution in [2.75, 3.05) is 6.54 Å². The molecular weight excluding hydrogens is 324 g/mol. The van der Waals surface area contributed by atoms with Gasteiger partial charge in [-0.15, -0.1) is 0 Å². The number of nitrogens with zero attached hydrogens (tertiary/aromatic N) is 3. The highest BCUT2D eigenvalue weighted by Crippen LogP contribution is 2.48. The number of hydrogen-bond donors (Lipinski definition) is 1. The van der Waals surface area contributed by atoms with Crippen LogP contribution in [0.25, 0.3) is 0 Å². The van der Waals surface area contributed by atoms with Crippen LogP contribution in [0.5, 0.6) is 0 Å². The molecule has 1 aromatic heterocycles. The van der Waals surface area contributed by atoms with E-state index in [1.165, 1.54) is 25.7 Å². The molecule has 3 unspecified atom stereocenters. The first-order chi connectivity index (χ1) is 11.7. The van der Waals surface area contributed by atoms with E-state index in [0.29, 0.717) is 28.9 Å². The zero-order chi connectivity index (χ0) is 16.3. The van der Waals surface area contributed by atoms with Crippen molar-refractivity contribution >= 4 is 17.5 Å². The van der Waals surface area contributed by atoms with Crippen LogP contribution in [0.15, 0.2) is 12.4 Å². The molecule has 128 valence electrons. The summed E-state index contributed by atoms with van der Waals surface area (Å²) in [6.45, 7) is 0.925. The molecule has 1 saturated heterocycles. The van der Waals surface area contributed by atoms with E-state index in [4.69, 9.17) is 11.6 Å². The fraction of sp³-hybridized carbons (Fsp3) is 0.722. The zero-order valence-corrected chi connectivity index (χ0v) is 14.5. The van der Waals surface area contributed by atoms with Gasteiger partial charge in [0, 0.05) is 24.5 Å². The smallest absolute Gasteiger partial charge is 0.226 e. The molecule has 0 radical (unpaired) electrons. The van der Waals surface area contributed by atoms with Gasteiger partial charge < -0.3 is 10.2 Å². The van der Waals surface area contributed by atoms with Crippen LogP contribution in [0.3, 0.4) is 0 Å². The molecule has 5 rings (SSSR count). The van der Waals surface area contributed by atoms with Gasteiger partial charge in [0.05, 0.1) is 24.1 Å². The van der Waals surface area contributed by atoms with Gasteiger partial charge in [-0.2, -0.15) is 0 Å². The Labute approximate surface area is 147 Å². The van der Waals surface area contributed by atoms with Gasteiger partial charge in [0.1, 0.15) is 5.15 Å². The van der Waals surface area contributed by atoms with E-state index in [-0.39, 0.29) is 18.0 Å². The fourth-order valence-electron chi connectivity index (χ4n) is 4.27. The standard InChI is InChI=1S/C18H23ClN4O/c19-15-9-20-7-13(22-15)17-16(11-3-4-11)21-8-14(10-1-2-10)23(17)18(24)12-5-6-12/h7,9-12,14,16-17,21H,1-6,8H2. The number of rotatable bonds is 4. The van der Waals surface area contributed by atoms with Crippen molar-refractivity contribution in [2.24, 2.45) is 17.8 Å². The monoisotopic (exact) mass is 346 g/mol. The summed E-state index contributed by atoms with van der Waals surface area (Å²) < 4.78 is 0. The lowest BCUT2D eigenvalue weighted by molar-refractivity contribution is -0.142. The number of piperazine rings is 1. The van der Waals surface area contributed by atoms with Crippen molar-refractivity contribution in [3.05, 3.63) is 23.2 Å². The highest BCUT2D eigenvalue weighted by molar-refractivity contribution is 6.29. The topological polar surface area (TPSA) is 58.1 Å². The van der Waals surface area contributed by atoms with Gasteiger partial charge in [-0.05, 0) is 50.4 Å². The Balaban J connectivity index is 1.55. The van der Waals surface area contributed by atoms with Crippen molar-refractivity contribution in [3.63, 3.8) is 0 Å². The summed E-state index contributed by atoms with van der Waals surface area (Å²) in [4.78, 5) is 24.2. The van der Waals surface area contributed by atoms with Crippen molar-refractivity contribution in [1.29, 1.82) is 0 Å². The highest BCUT2D eigenvalue weighted by Gasteiger charge is 2.52. The molecule has 3 aliphatic carbocycles. The van der Waals surface area contributed by atoms with E-state index in [9.17, 15) is 4.79 Å². The lowest BCUT2D eigenvalue weighted by atomic mass is 9.91. The Kier molecular flexibility index (Phi) is 3.56. The molecule has 4 aliphatic rings. The second kappa shape index (κ2) is 5.67. The van der Waals surface area contributed by atoms with E-state index in [0.717, 1.165) is 25.1 Å². The lowest BCUT2D eigenvalue weighted by Crippen LogP contribution is -2.61. The third-order valence-corrected chi connectivity index (χ3v) is 6.15. The van der Waals surface area contributed by atoms with Gasteiger partial charge in [0.2, 0.25) is 5.91 Å². The minimum Gasteiger partial charge on any atom is -0.328 e. The second-order valence-corrected chi connectivity index (χ2v) is 8.29. The third kappa shape index (κ3) is 2.72. The average molecular weight is 347 g/mol. The third-order valence-electron chi connectivity index (χ3n) is 5.96. The summed E-state index contributed by atoms with van der Waals surface area (Å²) in [5.74, 6) is 1.87.